The molecule has 6 nitrogen and oxygen atoms in total. The van der Waals surface area contributed by atoms with E-state index in [0.717, 1.165) is 30.5 Å². The first-order valence-corrected chi connectivity index (χ1v) is 8.65. The summed E-state index contributed by atoms with van der Waals surface area (Å²) >= 11 is 0. The average Bonchev–Trinajstić information content (AvgIpc) is 3.18. The molecule has 10 heteroatoms. The van der Waals surface area contributed by atoms with Gasteiger partial charge in [-0.1, -0.05) is 0 Å². The third-order valence-corrected chi connectivity index (χ3v) is 4.28. The van der Waals surface area contributed by atoms with Crippen molar-refractivity contribution in [3.63, 3.8) is 0 Å². The number of nitrogens with zero attached hydrogens (tertiary/aromatic N) is 2. The molecule has 0 saturated carbocycles. The molecular weight excluding hydrogens is 406 g/mol. The molecule has 1 heterocycles. The molecule has 2 aromatic carbocycles. The molecule has 3 aromatic rings. The van der Waals surface area contributed by atoms with Crippen LogP contribution in [0, 0.1) is 5.82 Å². The molecule has 3 rings (SSSR count). The Bertz CT molecular complexity index is 1050. The fourth-order valence-corrected chi connectivity index (χ4v) is 2.86. The highest BCUT2D eigenvalue weighted by Gasteiger charge is 2.40. The molecule has 158 valence electrons. The summed E-state index contributed by atoms with van der Waals surface area (Å²) in [5.74, 6) is -0.639. The minimum absolute atomic E-state index is 0.0303. The highest BCUT2D eigenvalue weighted by atomic mass is 19.4. The van der Waals surface area contributed by atoms with Gasteiger partial charge >= 0.3 is 6.18 Å². The lowest BCUT2D eigenvalue weighted by Crippen LogP contribution is -2.26. The first-order chi connectivity index (χ1) is 14.2. The van der Waals surface area contributed by atoms with Crippen molar-refractivity contribution in [1.29, 1.82) is 0 Å². The molecular formula is C20H17F4N3O3. The van der Waals surface area contributed by atoms with Gasteiger partial charge in [0, 0.05) is 12.1 Å². The van der Waals surface area contributed by atoms with E-state index in [1.807, 2.05) is 0 Å². The topological polar surface area (TPSA) is 65.4 Å². The van der Waals surface area contributed by atoms with E-state index in [-0.39, 0.29) is 12.2 Å². The van der Waals surface area contributed by atoms with Gasteiger partial charge in [0.1, 0.15) is 17.3 Å². The molecule has 0 bridgehead atoms. The highest BCUT2D eigenvalue weighted by molar-refractivity contribution is 5.95. The Morgan fingerprint density at radius 1 is 1.10 bits per heavy atom. The minimum Gasteiger partial charge on any atom is -0.497 e. The average molecular weight is 423 g/mol. The fourth-order valence-electron chi connectivity index (χ4n) is 2.86. The molecule has 0 aliphatic carbocycles. The number of hydrogen-bond donors (Lipinski definition) is 1. The summed E-state index contributed by atoms with van der Waals surface area (Å²) in [6.45, 7) is -0.0990. The Morgan fingerprint density at radius 3 is 2.40 bits per heavy atom. The molecule has 0 aliphatic rings. The van der Waals surface area contributed by atoms with E-state index < -0.39 is 29.2 Å². The van der Waals surface area contributed by atoms with Crippen LogP contribution in [0.25, 0.3) is 5.69 Å². The largest absolute Gasteiger partial charge is 0.497 e. The zero-order valence-corrected chi connectivity index (χ0v) is 16.0. The van der Waals surface area contributed by atoms with Crippen LogP contribution in [0.15, 0.2) is 48.7 Å². The summed E-state index contributed by atoms with van der Waals surface area (Å²) in [6.07, 6.45) is -4.05. The molecule has 0 atom stereocenters. The maximum atomic E-state index is 13.7. The Kier molecular flexibility index (Phi) is 5.95. The lowest BCUT2D eigenvalue weighted by Gasteiger charge is -2.14. The van der Waals surface area contributed by atoms with Gasteiger partial charge in [-0.05, 0) is 42.5 Å². The summed E-state index contributed by atoms with van der Waals surface area (Å²) in [4.78, 5) is 12.5. The summed E-state index contributed by atoms with van der Waals surface area (Å²) < 4.78 is 65.1. The predicted octanol–water partition coefficient (Wildman–Crippen LogP) is 3.98. The van der Waals surface area contributed by atoms with Gasteiger partial charge in [-0.3, -0.25) is 4.79 Å². The minimum atomic E-state index is -4.87. The number of hydrogen-bond acceptors (Lipinski definition) is 4. The molecule has 1 aromatic heterocycles. The van der Waals surface area contributed by atoms with Gasteiger partial charge in [-0.25, -0.2) is 9.07 Å². The Morgan fingerprint density at radius 2 is 1.80 bits per heavy atom. The number of nitrogens with one attached hydrogen (secondary N) is 1. The van der Waals surface area contributed by atoms with Crippen molar-refractivity contribution in [3.8, 4) is 17.2 Å². The van der Waals surface area contributed by atoms with Crippen LogP contribution in [0.5, 0.6) is 11.5 Å². The number of rotatable bonds is 6. The van der Waals surface area contributed by atoms with Crippen LogP contribution in [0.1, 0.15) is 21.6 Å². The molecule has 0 saturated heterocycles. The molecule has 0 fully saturated rings. The Labute approximate surface area is 169 Å². The van der Waals surface area contributed by atoms with E-state index in [4.69, 9.17) is 9.47 Å². The lowest BCUT2D eigenvalue weighted by atomic mass is 10.1. The van der Waals surface area contributed by atoms with Crippen LogP contribution >= 0.6 is 0 Å². The van der Waals surface area contributed by atoms with Crippen LogP contribution in [0.3, 0.4) is 0 Å². The number of ether oxygens (including phenoxy) is 2. The number of carbonyl (C=O) groups excluding carboxylic acids is 1. The van der Waals surface area contributed by atoms with Gasteiger partial charge in [-0.2, -0.15) is 18.3 Å². The van der Waals surface area contributed by atoms with Crippen LogP contribution < -0.4 is 14.8 Å². The van der Waals surface area contributed by atoms with E-state index in [2.05, 4.69) is 10.4 Å². The smallest absolute Gasteiger partial charge is 0.434 e. The van der Waals surface area contributed by atoms with Crippen molar-refractivity contribution in [2.45, 2.75) is 12.7 Å². The van der Waals surface area contributed by atoms with Crippen molar-refractivity contribution in [2.75, 3.05) is 14.2 Å². The van der Waals surface area contributed by atoms with Crippen LogP contribution in [0.4, 0.5) is 17.6 Å². The van der Waals surface area contributed by atoms with Crippen molar-refractivity contribution < 1.29 is 31.8 Å². The van der Waals surface area contributed by atoms with E-state index in [0.29, 0.717) is 21.7 Å². The van der Waals surface area contributed by atoms with Crippen LogP contribution in [-0.2, 0) is 12.7 Å². The number of carbonyl (C=O) groups is 1. The maximum Gasteiger partial charge on any atom is 0.434 e. The molecule has 0 spiro atoms. The number of methoxy groups -OCH3 is 2. The molecule has 30 heavy (non-hydrogen) atoms. The molecule has 0 unspecified atom stereocenters. The maximum absolute atomic E-state index is 13.7. The van der Waals surface area contributed by atoms with Crippen molar-refractivity contribution in [1.82, 2.24) is 15.1 Å². The second-order valence-corrected chi connectivity index (χ2v) is 6.15. The first-order valence-electron chi connectivity index (χ1n) is 8.65. The monoisotopic (exact) mass is 423 g/mol. The van der Waals surface area contributed by atoms with Gasteiger partial charge in [0.2, 0.25) is 0 Å². The van der Waals surface area contributed by atoms with Gasteiger partial charge in [-0.15, -0.1) is 0 Å². The number of halogens is 4. The number of benzene rings is 2. The number of alkyl halides is 3. The third-order valence-electron chi connectivity index (χ3n) is 4.28. The number of aromatic nitrogens is 2. The molecule has 1 N–H and O–H groups in total. The van der Waals surface area contributed by atoms with Crippen molar-refractivity contribution in [2.24, 2.45) is 0 Å². The Hall–Kier alpha value is -3.56. The zero-order chi connectivity index (χ0) is 21.9. The molecule has 1 amide bonds. The standard InChI is InChI=1S/C20H17F4N3O3/c1-29-15-7-8-17(30-2)12(9-15)10-25-19(28)16-11-26-27(18(16)20(22,23)24)14-5-3-13(21)4-6-14/h3-9,11H,10H2,1-2H3,(H,25,28). The van der Waals surface area contributed by atoms with Gasteiger partial charge < -0.3 is 14.8 Å². The number of amides is 1. The fraction of sp³-hybridized carbons (Fsp3) is 0.200. The van der Waals surface area contributed by atoms with Crippen molar-refractivity contribution >= 4 is 5.91 Å². The van der Waals surface area contributed by atoms with E-state index in [1.54, 1.807) is 18.2 Å². The van der Waals surface area contributed by atoms with E-state index in [9.17, 15) is 22.4 Å². The predicted molar refractivity (Wildman–Crippen MR) is 99.2 cm³/mol. The van der Waals surface area contributed by atoms with Gasteiger partial charge in [0.15, 0.2) is 5.69 Å². The van der Waals surface area contributed by atoms with Crippen LogP contribution in [-0.4, -0.2) is 29.9 Å². The third kappa shape index (κ3) is 4.37. The Balaban J connectivity index is 1.91. The van der Waals surface area contributed by atoms with Crippen molar-refractivity contribution in [3.05, 3.63) is 71.3 Å². The lowest BCUT2D eigenvalue weighted by molar-refractivity contribution is -0.143. The molecule has 0 aliphatic heterocycles. The van der Waals surface area contributed by atoms with Gasteiger partial charge in [0.05, 0.1) is 31.7 Å². The zero-order valence-electron chi connectivity index (χ0n) is 16.0. The summed E-state index contributed by atoms with van der Waals surface area (Å²) in [5.41, 5.74) is -1.43. The normalized spacial score (nSPS) is 11.3. The quantitative estimate of drug-likeness (QED) is 0.610. The highest BCUT2D eigenvalue weighted by Crippen LogP contribution is 2.34. The second-order valence-electron chi connectivity index (χ2n) is 6.15. The molecule has 0 radical (unpaired) electrons. The SMILES string of the molecule is COc1ccc(OC)c(CNC(=O)c2cnn(-c3ccc(F)cc3)c2C(F)(F)F)c1. The summed E-state index contributed by atoms with van der Waals surface area (Å²) in [7, 11) is 2.89. The summed E-state index contributed by atoms with van der Waals surface area (Å²) in [6, 6.07) is 9.16. The summed E-state index contributed by atoms with van der Waals surface area (Å²) in [5, 5.41) is 6.13. The second kappa shape index (κ2) is 8.44. The van der Waals surface area contributed by atoms with E-state index in [1.165, 1.54) is 14.2 Å². The van der Waals surface area contributed by atoms with E-state index >= 15 is 0 Å². The van der Waals surface area contributed by atoms with Crippen LogP contribution in [0.2, 0.25) is 0 Å². The first kappa shape index (κ1) is 21.2. The van der Waals surface area contributed by atoms with Gasteiger partial charge in [0.25, 0.3) is 5.91 Å².